The SMILES string of the molecule is CCCCC(CC)CN(C(=O)c1ccccc1)c1ccc(F)[c]([Ti]([c]2c(F)ccc(N(CC(CC)CCCC)C(=O)c3ccccc3)c2F)([CH]2C=CC=C2)[CH]2C=CC=C2)c1F. The molecule has 2 atom stereocenters. The summed E-state index contributed by atoms with van der Waals surface area (Å²) in [5.74, 6) is -4.73. The third-order valence-electron chi connectivity index (χ3n) is 12.6. The first kappa shape index (κ1) is 45.7. The number of amides is 2. The van der Waals surface area contributed by atoms with Crippen molar-refractivity contribution in [1.29, 1.82) is 0 Å². The average molecular weight is 867 g/mol. The molecule has 9 heteroatoms. The average Bonchev–Trinajstić information content (AvgIpc) is 4.04. The van der Waals surface area contributed by atoms with Crippen molar-refractivity contribution in [2.24, 2.45) is 11.8 Å². The van der Waals surface area contributed by atoms with Gasteiger partial charge in [-0.1, -0.05) is 0 Å². The Kier molecular flexibility index (Phi) is 16.0. The molecular weight excluding hydrogens is 808 g/mol. The zero-order valence-electron chi connectivity index (χ0n) is 35.8. The molecule has 2 aliphatic carbocycles. The Labute approximate surface area is 363 Å². The van der Waals surface area contributed by atoms with Gasteiger partial charge < -0.3 is 0 Å². The van der Waals surface area contributed by atoms with Crippen LogP contribution in [0.3, 0.4) is 0 Å². The molecule has 4 aromatic carbocycles. The van der Waals surface area contributed by atoms with E-state index in [2.05, 4.69) is 13.8 Å². The molecule has 0 spiro atoms. The molecule has 0 radical (unpaired) electrons. The molecule has 0 saturated carbocycles. The maximum atomic E-state index is 18.4. The van der Waals surface area contributed by atoms with Crippen LogP contribution in [0.1, 0.15) is 99.8 Å². The van der Waals surface area contributed by atoms with Crippen LogP contribution in [0.15, 0.2) is 134 Å². The number of hydrogen-bond acceptors (Lipinski definition) is 2. The second-order valence-corrected chi connectivity index (χ2v) is 22.7. The number of hydrogen-bond donors (Lipinski definition) is 0. The molecule has 0 aromatic heterocycles. The number of benzene rings is 4. The van der Waals surface area contributed by atoms with Gasteiger partial charge >= 0.3 is 365 Å². The predicted octanol–water partition coefficient (Wildman–Crippen LogP) is 12.9. The van der Waals surface area contributed by atoms with Crippen molar-refractivity contribution in [2.45, 2.75) is 87.5 Å². The summed E-state index contributed by atoms with van der Waals surface area (Å²) in [6.07, 6.45) is 20.9. The van der Waals surface area contributed by atoms with Crippen LogP contribution >= 0.6 is 0 Å². The van der Waals surface area contributed by atoms with Gasteiger partial charge in [-0.25, -0.2) is 0 Å². The summed E-state index contributed by atoms with van der Waals surface area (Å²) < 4.78 is 69.1. The van der Waals surface area contributed by atoms with Gasteiger partial charge in [-0.05, 0) is 0 Å². The third-order valence-corrected chi connectivity index (χ3v) is 21.1. The molecule has 0 saturated heterocycles. The van der Waals surface area contributed by atoms with Gasteiger partial charge in [0.05, 0.1) is 0 Å². The maximum absolute atomic E-state index is 18.4. The van der Waals surface area contributed by atoms with Crippen LogP contribution in [0.25, 0.3) is 0 Å². The van der Waals surface area contributed by atoms with Crippen molar-refractivity contribution in [3.05, 3.63) is 168 Å². The van der Waals surface area contributed by atoms with E-state index in [0.717, 1.165) is 63.5 Å². The van der Waals surface area contributed by atoms with E-state index in [1.54, 1.807) is 109 Å². The van der Waals surface area contributed by atoms with Gasteiger partial charge in [0, 0.05) is 0 Å². The van der Waals surface area contributed by atoms with Crippen LogP contribution < -0.4 is 17.5 Å². The molecule has 61 heavy (non-hydrogen) atoms. The molecule has 0 heterocycles. The van der Waals surface area contributed by atoms with Gasteiger partial charge in [-0.3, -0.25) is 0 Å². The summed E-state index contributed by atoms with van der Waals surface area (Å²) in [5.41, 5.74) is 0.413. The Morgan fingerprint density at radius 3 is 1.23 bits per heavy atom. The summed E-state index contributed by atoms with van der Waals surface area (Å²) in [6.45, 7) is 8.59. The fraction of sp³-hybridized carbons (Fsp3) is 0.346. The van der Waals surface area contributed by atoms with Crippen molar-refractivity contribution in [3.63, 3.8) is 0 Å². The molecule has 0 bridgehead atoms. The number of anilines is 2. The van der Waals surface area contributed by atoms with Crippen molar-refractivity contribution in [3.8, 4) is 0 Å². The third kappa shape index (κ3) is 9.66. The number of nitrogens with zero attached hydrogens (tertiary/aromatic N) is 2. The van der Waals surface area contributed by atoms with E-state index in [4.69, 9.17) is 0 Å². The topological polar surface area (TPSA) is 40.6 Å². The van der Waals surface area contributed by atoms with Gasteiger partial charge in [0.1, 0.15) is 0 Å². The zero-order chi connectivity index (χ0) is 43.5. The monoisotopic (exact) mass is 866 g/mol. The first-order valence-electron chi connectivity index (χ1n) is 22.0. The summed E-state index contributed by atoms with van der Waals surface area (Å²) >= 11 is -5.34. The van der Waals surface area contributed by atoms with Crippen molar-refractivity contribution < 1.29 is 43.7 Å². The Hall–Kier alpha value is -4.79. The Morgan fingerprint density at radius 2 is 0.902 bits per heavy atom. The zero-order valence-corrected chi connectivity index (χ0v) is 37.4. The van der Waals surface area contributed by atoms with Crippen molar-refractivity contribution >= 4 is 30.9 Å². The summed E-state index contributed by atoms with van der Waals surface area (Å²) in [5, 5.41) is 0. The summed E-state index contributed by atoms with van der Waals surface area (Å²) in [7, 11) is 0. The fourth-order valence-electron chi connectivity index (χ4n) is 9.15. The molecule has 4 aromatic rings. The molecule has 2 amide bonds. The van der Waals surface area contributed by atoms with E-state index in [-0.39, 0.29) is 44.0 Å². The molecule has 0 fully saturated rings. The van der Waals surface area contributed by atoms with E-state index < -0.39 is 60.1 Å². The number of halogens is 4. The standard InChI is InChI=1S/2C21H24F2NO.2C5H5.Ti/c2*1-3-5-9-16(4-2)15-24(20-13-12-18(22)14-19(20)23)21(25)17-10-7-6-8-11-17;2*1-2-4-5-3-1;/h2*6-8,10-13,16H,3-5,9,15H2,1-2H3;2*1-5H;. The van der Waals surface area contributed by atoms with Crippen LogP contribution in [0, 0.1) is 35.1 Å². The Bertz CT molecular complexity index is 2070. The molecule has 0 aliphatic heterocycles. The second-order valence-electron chi connectivity index (χ2n) is 16.4. The van der Waals surface area contributed by atoms with Gasteiger partial charge in [0.2, 0.25) is 0 Å². The second kappa shape index (κ2) is 21.3. The van der Waals surface area contributed by atoms with Gasteiger partial charge in [0.25, 0.3) is 0 Å². The normalized spacial score (nSPS) is 14.8. The Morgan fingerprint density at radius 1 is 0.541 bits per heavy atom. The molecule has 2 unspecified atom stereocenters. The summed E-state index contributed by atoms with van der Waals surface area (Å²) in [4.78, 5) is 31.8. The number of carbonyl (C=O) groups is 2. The number of allylic oxidation sites excluding steroid dienone is 8. The van der Waals surface area contributed by atoms with Crippen LogP contribution in [0.4, 0.5) is 28.9 Å². The van der Waals surface area contributed by atoms with Crippen molar-refractivity contribution in [2.75, 3.05) is 22.9 Å². The predicted molar refractivity (Wildman–Crippen MR) is 239 cm³/mol. The number of rotatable bonds is 20. The fourth-order valence-corrected chi connectivity index (χ4v) is 17.9. The molecule has 6 rings (SSSR count). The number of carbonyl (C=O) groups excluding carboxylic acids is 2. The van der Waals surface area contributed by atoms with Crippen LogP contribution in [-0.2, 0) is 16.6 Å². The van der Waals surface area contributed by atoms with E-state index >= 15 is 17.6 Å². The van der Waals surface area contributed by atoms with Crippen molar-refractivity contribution in [1.82, 2.24) is 0 Å². The van der Waals surface area contributed by atoms with E-state index in [9.17, 15) is 9.59 Å². The van der Waals surface area contributed by atoms with Crippen LogP contribution in [-0.4, -0.2) is 24.9 Å². The minimum atomic E-state index is -5.34. The van der Waals surface area contributed by atoms with E-state index in [1.807, 2.05) is 13.8 Å². The quantitative estimate of drug-likeness (QED) is 0.0656. The van der Waals surface area contributed by atoms with E-state index in [1.165, 1.54) is 21.9 Å². The molecule has 2 aliphatic rings. The van der Waals surface area contributed by atoms with Gasteiger partial charge in [-0.2, -0.15) is 0 Å². The van der Waals surface area contributed by atoms with Crippen LogP contribution in [0.2, 0.25) is 8.45 Å². The Balaban J connectivity index is 1.65. The first-order chi connectivity index (χ1) is 29.6. The molecule has 320 valence electrons. The molecular formula is C52H58F4N2O2Ti. The summed E-state index contributed by atoms with van der Waals surface area (Å²) in [6, 6.07) is 22.1. The number of unbranched alkanes of at least 4 members (excludes halogenated alkanes) is 2. The van der Waals surface area contributed by atoms with Crippen LogP contribution in [0.5, 0.6) is 0 Å². The van der Waals surface area contributed by atoms with E-state index in [0.29, 0.717) is 11.1 Å². The molecule has 0 N–H and O–H groups in total. The van der Waals surface area contributed by atoms with Gasteiger partial charge in [-0.15, -0.1) is 0 Å². The van der Waals surface area contributed by atoms with Gasteiger partial charge in [0.15, 0.2) is 0 Å². The minimum absolute atomic E-state index is 0.0113. The molecule has 4 nitrogen and oxygen atoms in total. The first-order valence-corrected chi connectivity index (χ1v) is 25.4.